The molecule has 3 N–H and O–H groups in total. The zero-order valence-electron chi connectivity index (χ0n) is 15.5. The minimum Gasteiger partial charge on any atom is -0.358 e. The van der Waals surface area contributed by atoms with E-state index < -0.39 is 10.0 Å². The number of anilines is 1. The summed E-state index contributed by atoms with van der Waals surface area (Å²) in [4.78, 5) is 15.1. The highest BCUT2D eigenvalue weighted by Gasteiger charge is 2.47. The maximum Gasteiger partial charge on any atom is 0.240 e. The molecule has 0 radical (unpaired) electrons. The van der Waals surface area contributed by atoms with Gasteiger partial charge in [-0.1, -0.05) is 18.2 Å². The first-order valence-electron chi connectivity index (χ1n) is 9.38. The topological polar surface area (TPSA) is 91.1 Å². The van der Waals surface area contributed by atoms with Crippen LogP contribution in [0.4, 0.5) is 5.69 Å². The van der Waals surface area contributed by atoms with E-state index in [9.17, 15) is 13.2 Å². The van der Waals surface area contributed by atoms with Crippen LogP contribution in [0, 0.1) is 6.92 Å². The molecule has 0 saturated heterocycles. The van der Waals surface area contributed by atoms with Gasteiger partial charge in [0, 0.05) is 34.2 Å². The molecule has 1 saturated carbocycles. The highest BCUT2D eigenvalue weighted by atomic mass is 32.2. The number of H-pyrrole nitrogens is 1. The molecule has 0 spiro atoms. The molecular formula is C21H21N3O3S. The largest absolute Gasteiger partial charge is 0.358 e. The molecule has 5 rings (SSSR count). The number of amides is 1. The number of nitrogens with one attached hydrogen (secondary N) is 3. The van der Waals surface area contributed by atoms with Crippen molar-refractivity contribution in [2.24, 2.45) is 0 Å². The van der Waals surface area contributed by atoms with Crippen molar-refractivity contribution < 1.29 is 13.2 Å². The monoisotopic (exact) mass is 395 g/mol. The van der Waals surface area contributed by atoms with Crippen molar-refractivity contribution in [1.82, 2.24) is 9.71 Å². The number of aromatic amines is 1. The van der Waals surface area contributed by atoms with Crippen LogP contribution >= 0.6 is 0 Å². The van der Waals surface area contributed by atoms with E-state index in [1.165, 1.54) is 10.9 Å². The third-order valence-corrected chi connectivity index (χ3v) is 7.29. The first-order valence-corrected chi connectivity index (χ1v) is 10.9. The van der Waals surface area contributed by atoms with Crippen molar-refractivity contribution in [3.63, 3.8) is 0 Å². The first-order chi connectivity index (χ1) is 13.4. The summed E-state index contributed by atoms with van der Waals surface area (Å²) in [7, 11) is -3.65. The van der Waals surface area contributed by atoms with Crippen LogP contribution in [0.3, 0.4) is 0 Å². The normalized spacial score (nSPS) is 17.5. The molecular weight excluding hydrogens is 374 g/mol. The van der Waals surface area contributed by atoms with E-state index in [0.29, 0.717) is 12.2 Å². The van der Waals surface area contributed by atoms with Gasteiger partial charge in [0.2, 0.25) is 15.9 Å². The number of aromatic nitrogens is 1. The zero-order valence-corrected chi connectivity index (χ0v) is 16.3. The van der Waals surface area contributed by atoms with Crippen LogP contribution in [-0.2, 0) is 26.7 Å². The van der Waals surface area contributed by atoms with Crippen molar-refractivity contribution in [2.75, 3.05) is 11.9 Å². The molecule has 0 bridgehead atoms. The second kappa shape index (κ2) is 5.93. The lowest BCUT2D eigenvalue weighted by Crippen LogP contribution is -2.32. The molecule has 2 heterocycles. The maximum absolute atomic E-state index is 12.9. The summed E-state index contributed by atoms with van der Waals surface area (Å²) in [5.41, 5.74) is 4.65. The number of hydrogen-bond acceptors (Lipinski definition) is 3. The Morgan fingerprint density at radius 3 is 2.71 bits per heavy atom. The van der Waals surface area contributed by atoms with Gasteiger partial charge in [0.15, 0.2) is 0 Å². The van der Waals surface area contributed by atoms with Crippen LogP contribution in [-0.4, -0.2) is 25.9 Å². The number of para-hydroxylation sites is 1. The van der Waals surface area contributed by atoms with Gasteiger partial charge in [-0.25, -0.2) is 13.1 Å². The second-order valence-corrected chi connectivity index (χ2v) is 9.59. The van der Waals surface area contributed by atoms with Crippen molar-refractivity contribution >= 4 is 32.5 Å². The molecule has 0 atom stereocenters. The Morgan fingerprint density at radius 1 is 1.14 bits per heavy atom. The quantitative estimate of drug-likeness (QED) is 0.620. The van der Waals surface area contributed by atoms with Crippen molar-refractivity contribution in [2.45, 2.75) is 36.5 Å². The lowest BCUT2D eigenvalue weighted by molar-refractivity contribution is -0.115. The highest BCUT2D eigenvalue weighted by Crippen LogP contribution is 2.51. The summed E-state index contributed by atoms with van der Waals surface area (Å²) >= 11 is 0. The lowest BCUT2D eigenvalue weighted by atomic mass is 9.93. The van der Waals surface area contributed by atoms with Gasteiger partial charge in [0.05, 0.1) is 11.3 Å². The predicted molar refractivity (Wildman–Crippen MR) is 108 cm³/mol. The standard InChI is InChI=1S/C21H21N3O3S/c1-13-20(16-4-2-3-5-18(16)23-13)21(8-9-21)12-22-28(26,27)15-6-7-17-14(10-15)11-19(25)24-17/h2-7,10,22-23H,8-9,11-12H2,1H3,(H,24,25). The van der Waals surface area contributed by atoms with Crippen LogP contribution in [0.25, 0.3) is 10.9 Å². The summed E-state index contributed by atoms with van der Waals surface area (Å²) in [6.45, 7) is 2.42. The summed E-state index contributed by atoms with van der Waals surface area (Å²) in [5, 5.41) is 3.89. The molecule has 1 aliphatic carbocycles. The summed E-state index contributed by atoms with van der Waals surface area (Å²) in [6, 6.07) is 12.9. The van der Waals surface area contributed by atoms with Gasteiger partial charge in [-0.3, -0.25) is 4.79 Å². The Bertz CT molecular complexity index is 1220. The van der Waals surface area contributed by atoms with E-state index in [-0.39, 0.29) is 22.6 Å². The lowest BCUT2D eigenvalue weighted by Gasteiger charge is -2.17. The number of hydrogen-bond donors (Lipinski definition) is 3. The molecule has 2 aliphatic rings. The Labute approximate surface area is 163 Å². The van der Waals surface area contributed by atoms with Gasteiger partial charge >= 0.3 is 0 Å². The zero-order chi connectivity index (χ0) is 19.5. The molecule has 144 valence electrons. The fourth-order valence-corrected chi connectivity index (χ4v) is 5.49. The highest BCUT2D eigenvalue weighted by molar-refractivity contribution is 7.89. The number of carbonyl (C=O) groups is 1. The number of aryl methyl sites for hydroxylation is 1. The predicted octanol–water partition coefficient (Wildman–Crippen LogP) is 2.98. The number of sulfonamides is 1. The molecule has 3 aromatic rings. The van der Waals surface area contributed by atoms with Crippen molar-refractivity contribution in [1.29, 1.82) is 0 Å². The van der Waals surface area contributed by atoms with E-state index in [2.05, 4.69) is 28.0 Å². The average Bonchev–Trinajstić information content (AvgIpc) is 3.21. The number of fused-ring (bicyclic) bond motifs is 2. The number of rotatable bonds is 5. The van der Waals surface area contributed by atoms with Crippen LogP contribution in [0.5, 0.6) is 0 Å². The molecule has 0 unspecified atom stereocenters. The average molecular weight is 395 g/mol. The SMILES string of the molecule is Cc1[nH]c2ccccc2c1C1(CNS(=O)(=O)c2ccc3c(c2)CC(=O)N3)CC1. The Hall–Kier alpha value is -2.64. The molecule has 2 aromatic carbocycles. The molecule has 6 nitrogen and oxygen atoms in total. The van der Waals surface area contributed by atoms with E-state index in [1.807, 2.05) is 18.2 Å². The minimum atomic E-state index is -3.65. The van der Waals surface area contributed by atoms with Gasteiger partial charge in [-0.15, -0.1) is 0 Å². The third-order valence-electron chi connectivity index (χ3n) is 5.89. The number of benzene rings is 2. The molecule has 7 heteroatoms. The van der Waals surface area contributed by atoms with Crippen LogP contribution < -0.4 is 10.0 Å². The van der Waals surface area contributed by atoms with Gasteiger partial charge in [-0.05, 0) is 55.2 Å². The van der Waals surface area contributed by atoms with E-state index in [0.717, 1.165) is 29.6 Å². The molecule has 1 aliphatic heterocycles. The third kappa shape index (κ3) is 2.73. The fraction of sp³-hybridized carbons (Fsp3) is 0.286. The van der Waals surface area contributed by atoms with Crippen LogP contribution in [0.15, 0.2) is 47.4 Å². The van der Waals surface area contributed by atoms with E-state index in [1.54, 1.807) is 18.2 Å². The smallest absolute Gasteiger partial charge is 0.240 e. The van der Waals surface area contributed by atoms with Gasteiger partial charge in [0.25, 0.3) is 0 Å². The molecule has 1 fully saturated rings. The molecule has 1 aromatic heterocycles. The fourth-order valence-electron chi connectivity index (χ4n) is 4.32. The maximum atomic E-state index is 12.9. The summed E-state index contributed by atoms with van der Waals surface area (Å²) in [5.74, 6) is -0.107. The number of carbonyl (C=O) groups excluding carboxylic acids is 1. The Balaban J connectivity index is 1.42. The van der Waals surface area contributed by atoms with Crippen LogP contribution in [0.2, 0.25) is 0 Å². The molecule has 1 amide bonds. The first kappa shape index (κ1) is 17.5. The van der Waals surface area contributed by atoms with Crippen LogP contribution in [0.1, 0.15) is 29.7 Å². The summed E-state index contributed by atoms with van der Waals surface area (Å²) < 4.78 is 28.6. The summed E-state index contributed by atoms with van der Waals surface area (Å²) in [6.07, 6.45) is 2.14. The van der Waals surface area contributed by atoms with Crippen molar-refractivity contribution in [3.8, 4) is 0 Å². The van der Waals surface area contributed by atoms with E-state index in [4.69, 9.17) is 0 Å². The minimum absolute atomic E-state index is 0.107. The Morgan fingerprint density at radius 2 is 1.93 bits per heavy atom. The van der Waals surface area contributed by atoms with Gasteiger partial charge in [0.1, 0.15) is 0 Å². The van der Waals surface area contributed by atoms with Gasteiger partial charge in [-0.2, -0.15) is 0 Å². The molecule has 28 heavy (non-hydrogen) atoms. The second-order valence-electron chi connectivity index (χ2n) is 7.82. The van der Waals surface area contributed by atoms with Crippen molar-refractivity contribution in [3.05, 3.63) is 59.3 Å². The van der Waals surface area contributed by atoms with E-state index >= 15 is 0 Å². The van der Waals surface area contributed by atoms with Gasteiger partial charge < -0.3 is 10.3 Å². The Kier molecular flexibility index (Phi) is 3.70.